The number of nitrogens with zero attached hydrogens (tertiary/aromatic N) is 7. The summed E-state index contributed by atoms with van der Waals surface area (Å²) in [5.41, 5.74) is 4.17. The van der Waals surface area contributed by atoms with Crippen molar-refractivity contribution in [2.45, 2.75) is 26.8 Å². The molecule has 2 aromatic rings. The minimum absolute atomic E-state index is 0.127. The first-order valence-corrected chi connectivity index (χ1v) is 8.59. The van der Waals surface area contributed by atoms with Crippen molar-refractivity contribution in [3.05, 3.63) is 35.5 Å². The van der Waals surface area contributed by atoms with Gasteiger partial charge in [0.15, 0.2) is 0 Å². The number of rotatable bonds is 7. The van der Waals surface area contributed by atoms with Crippen molar-refractivity contribution in [2.75, 3.05) is 6.54 Å². The van der Waals surface area contributed by atoms with E-state index in [0.29, 0.717) is 23.7 Å². The van der Waals surface area contributed by atoms with E-state index in [2.05, 4.69) is 30.5 Å². The Morgan fingerprint density at radius 3 is 2.22 bits per heavy atom. The van der Waals surface area contributed by atoms with Crippen LogP contribution < -0.4 is 11.7 Å². The zero-order valence-corrected chi connectivity index (χ0v) is 16.0. The van der Waals surface area contributed by atoms with Crippen molar-refractivity contribution in [1.82, 2.24) is 15.0 Å². The summed E-state index contributed by atoms with van der Waals surface area (Å²) in [6, 6.07) is 5.87. The molecule has 4 N–H and O–H groups in total. The first-order chi connectivity index (χ1) is 13.0. The van der Waals surface area contributed by atoms with E-state index in [4.69, 9.17) is 11.7 Å². The van der Waals surface area contributed by atoms with Crippen LogP contribution in [0.5, 0.6) is 0 Å². The molecule has 0 fully saturated rings. The second-order valence-electron chi connectivity index (χ2n) is 6.10. The summed E-state index contributed by atoms with van der Waals surface area (Å²) in [4.78, 5) is 8.60. The van der Waals surface area contributed by atoms with E-state index in [1.165, 1.54) is 0 Å². The highest BCUT2D eigenvalue weighted by molar-refractivity contribution is 6.41. The summed E-state index contributed by atoms with van der Waals surface area (Å²) >= 11 is 0. The molecule has 1 heterocycles. The van der Waals surface area contributed by atoms with Crippen LogP contribution in [0, 0.1) is 0 Å². The number of aromatic nitrogens is 3. The van der Waals surface area contributed by atoms with Crippen LogP contribution in [0.4, 0.5) is 0 Å². The standard InChI is InChI=1S/C18H25N9/c1-5-21-9-16(23-19)13-6-14(17(24-20)10-22-12(2)3)8-15(7-13)18-11-27(4)26-25-18/h6-12H,5,19-20H2,1-4H3. The average molecular weight is 367 g/mol. The number of hydrazone groups is 2. The average Bonchev–Trinajstić information content (AvgIpc) is 3.09. The molecule has 0 saturated carbocycles. The third-order valence-corrected chi connectivity index (χ3v) is 3.59. The van der Waals surface area contributed by atoms with Crippen LogP contribution >= 0.6 is 0 Å². The van der Waals surface area contributed by atoms with Gasteiger partial charge in [-0.25, -0.2) is 0 Å². The molecular weight excluding hydrogens is 342 g/mol. The first kappa shape index (κ1) is 20.0. The number of hydrogen-bond donors (Lipinski definition) is 2. The lowest BCUT2D eigenvalue weighted by molar-refractivity contribution is 0.715. The third kappa shape index (κ3) is 5.30. The maximum absolute atomic E-state index is 5.61. The lowest BCUT2D eigenvalue weighted by Crippen LogP contribution is -2.12. The van der Waals surface area contributed by atoms with Gasteiger partial charge in [-0.3, -0.25) is 14.7 Å². The van der Waals surface area contributed by atoms with E-state index < -0.39 is 0 Å². The van der Waals surface area contributed by atoms with Crippen LogP contribution in [0.2, 0.25) is 0 Å². The van der Waals surface area contributed by atoms with E-state index in [1.54, 1.807) is 17.1 Å². The van der Waals surface area contributed by atoms with Crippen molar-refractivity contribution in [2.24, 2.45) is 38.9 Å². The predicted octanol–water partition coefficient (Wildman–Crippen LogP) is 1.38. The maximum atomic E-state index is 5.61. The Hall–Kier alpha value is -3.36. The van der Waals surface area contributed by atoms with Crippen LogP contribution in [0.1, 0.15) is 31.9 Å². The second-order valence-corrected chi connectivity index (χ2v) is 6.10. The van der Waals surface area contributed by atoms with E-state index >= 15 is 0 Å². The Morgan fingerprint density at radius 1 is 1.11 bits per heavy atom. The van der Waals surface area contributed by atoms with Gasteiger partial charge in [-0.05, 0) is 39.0 Å². The molecule has 0 aliphatic heterocycles. The molecule has 0 spiro atoms. The summed E-state index contributed by atoms with van der Waals surface area (Å²) < 4.78 is 1.64. The van der Waals surface area contributed by atoms with Crippen molar-refractivity contribution >= 4 is 23.9 Å². The van der Waals surface area contributed by atoms with Gasteiger partial charge in [0.2, 0.25) is 0 Å². The van der Waals surface area contributed by atoms with Crippen molar-refractivity contribution in [1.29, 1.82) is 0 Å². The van der Waals surface area contributed by atoms with E-state index in [-0.39, 0.29) is 6.04 Å². The third-order valence-electron chi connectivity index (χ3n) is 3.59. The van der Waals surface area contributed by atoms with Crippen molar-refractivity contribution in [3.63, 3.8) is 0 Å². The zero-order chi connectivity index (χ0) is 19.8. The molecule has 0 saturated heterocycles. The summed E-state index contributed by atoms with van der Waals surface area (Å²) in [6.07, 6.45) is 5.12. The molecule has 1 aromatic heterocycles. The Balaban J connectivity index is 2.62. The quantitative estimate of drug-likeness (QED) is 0.434. The van der Waals surface area contributed by atoms with E-state index in [0.717, 1.165) is 16.7 Å². The Kier molecular flexibility index (Phi) is 6.93. The lowest BCUT2D eigenvalue weighted by atomic mass is 9.98. The first-order valence-electron chi connectivity index (χ1n) is 8.59. The molecule has 2 rings (SSSR count). The van der Waals surface area contributed by atoms with Crippen LogP contribution in [0.15, 0.2) is 44.6 Å². The Morgan fingerprint density at radius 2 is 1.74 bits per heavy atom. The largest absolute Gasteiger partial charge is 0.323 e. The molecule has 0 aliphatic rings. The number of hydrogen-bond acceptors (Lipinski definition) is 8. The fraction of sp³-hybridized carbons (Fsp3) is 0.333. The van der Waals surface area contributed by atoms with Gasteiger partial charge in [0.25, 0.3) is 0 Å². The van der Waals surface area contributed by atoms with Gasteiger partial charge in [0.1, 0.15) is 17.1 Å². The van der Waals surface area contributed by atoms with Crippen LogP contribution in [0.25, 0.3) is 11.3 Å². The van der Waals surface area contributed by atoms with Gasteiger partial charge in [-0.15, -0.1) is 5.10 Å². The smallest absolute Gasteiger partial charge is 0.113 e. The molecule has 27 heavy (non-hydrogen) atoms. The minimum atomic E-state index is 0.127. The number of aliphatic imine (C=N–C) groups is 2. The number of aryl methyl sites for hydroxylation is 1. The van der Waals surface area contributed by atoms with Crippen LogP contribution in [0.3, 0.4) is 0 Å². The monoisotopic (exact) mass is 367 g/mol. The molecule has 1 aromatic carbocycles. The molecule has 0 amide bonds. The molecule has 9 heteroatoms. The summed E-state index contributed by atoms with van der Waals surface area (Å²) in [5.74, 6) is 11.2. The minimum Gasteiger partial charge on any atom is -0.323 e. The van der Waals surface area contributed by atoms with Crippen molar-refractivity contribution in [3.8, 4) is 11.3 Å². The lowest BCUT2D eigenvalue weighted by Gasteiger charge is -2.08. The fourth-order valence-corrected chi connectivity index (χ4v) is 2.31. The molecule has 142 valence electrons. The topological polar surface area (TPSA) is 132 Å². The molecule has 0 atom stereocenters. The Bertz CT molecular complexity index is 888. The normalized spacial score (nSPS) is 13.4. The molecule has 0 unspecified atom stereocenters. The molecule has 0 radical (unpaired) electrons. The molecular formula is C18H25N9. The summed E-state index contributed by atoms with van der Waals surface area (Å²) in [6.45, 7) is 6.53. The number of benzene rings is 1. The molecule has 9 nitrogen and oxygen atoms in total. The maximum Gasteiger partial charge on any atom is 0.113 e. The summed E-state index contributed by atoms with van der Waals surface area (Å²) in [7, 11) is 1.81. The SMILES string of the molecule is CCN=CC(=NN)c1cc(C(C=NC(C)C)=NN)cc(-c2cn(C)nn2)c1. The fourth-order valence-electron chi connectivity index (χ4n) is 2.31. The van der Waals surface area contributed by atoms with Crippen LogP contribution in [-0.2, 0) is 7.05 Å². The molecule has 0 bridgehead atoms. The second kappa shape index (κ2) is 9.37. The van der Waals surface area contributed by atoms with Gasteiger partial charge in [0, 0.05) is 48.8 Å². The highest BCUT2D eigenvalue weighted by Crippen LogP contribution is 2.21. The Labute approximate surface area is 158 Å². The van der Waals surface area contributed by atoms with E-state index in [9.17, 15) is 0 Å². The zero-order valence-electron chi connectivity index (χ0n) is 16.0. The van der Waals surface area contributed by atoms with Crippen LogP contribution in [-0.4, -0.2) is 51.4 Å². The van der Waals surface area contributed by atoms with Gasteiger partial charge < -0.3 is 11.7 Å². The molecule has 0 aliphatic carbocycles. The van der Waals surface area contributed by atoms with Crippen molar-refractivity contribution < 1.29 is 0 Å². The van der Waals surface area contributed by atoms with Gasteiger partial charge in [0.05, 0.1) is 6.20 Å². The predicted molar refractivity (Wildman–Crippen MR) is 111 cm³/mol. The summed E-state index contributed by atoms with van der Waals surface area (Å²) in [5, 5.41) is 15.9. The highest BCUT2D eigenvalue weighted by atomic mass is 15.4. The van der Waals surface area contributed by atoms with Gasteiger partial charge >= 0.3 is 0 Å². The highest BCUT2D eigenvalue weighted by Gasteiger charge is 2.12. The van der Waals surface area contributed by atoms with Gasteiger partial charge in [-0.1, -0.05) is 5.21 Å². The van der Waals surface area contributed by atoms with Gasteiger partial charge in [-0.2, -0.15) is 10.2 Å². The van der Waals surface area contributed by atoms with E-state index in [1.807, 2.05) is 52.2 Å². The number of nitrogens with two attached hydrogens (primary N) is 2.